The first-order chi connectivity index (χ1) is 14.8. The maximum Gasteiger partial charge on any atom is 0.195 e. The van der Waals surface area contributed by atoms with E-state index in [2.05, 4.69) is 61.5 Å². The van der Waals surface area contributed by atoms with Crippen molar-refractivity contribution in [2.75, 3.05) is 0 Å². The number of hydrogen-bond acceptors (Lipinski definition) is 3. The number of benzene rings is 4. The van der Waals surface area contributed by atoms with Gasteiger partial charge in [0.25, 0.3) is 0 Å². The molecule has 0 fully saturated rings. The van der Waals surface area contributed by atoms with Gasteiger partial charge < -0.3 is 9.15 Å². The number of aryl methyl sites for hydroxylation is 1. The molecule has 3 nitrogen and oxygen atoms in total. The Morgan fingerprint density at radius 3 is 2.27 bits per heavy atom. The number of ether oxygens (including phenoxy) is 1. The van der Waals surface area contributed by atoms with Crippen molar-refractivity contribution in [3.05, 3.63) is 108 Å². The lowest BCUT2D eigenvalue weighted by Gasteiger charge is -2.25. The van der Waals surface area contributed by atoms with Gasteiger partial charge in [-0.05, 0) is 11.1 Å². The first-order valence-corrected chi connectivity index (χ1v) is 10.2. The maximum atomic E-state index is 6.60. The average molecular weight is 389 g/mol. The minimum Gasteiger partial charge on any atom is -0.455 e. The second kappa shape index (κ2) is 6.60. The van der Waals surface area contributed by atoms with Crippen LogP contribution in [-0.2, 0) is 6.42 Å². The summed E-state index contributed by atoms with van der Waals surface area (Å²) in [6, 6.07) is 29.1. The molecule has 1 aliphatic rings. The fourth-order valence-electron chi connectivity index (χ4n) is 4.28. The molecular formula is C27H19NO2. The zero-order valence-corrected chi connectivity index (χ0v) is 16.6. The first-order valence-electron chi connectivity index (χ1n) is 10.2. The zero-order chi connectivity index (χ0) is 20.1. The van der Waals surface area contributed by atoms with Gasteiger partial charge in [0.2, 0.25) is 0 Å². The Balaban J connectivity index is 1.73. The Kier molecular flexibility index (Phi) is 3.75. The van der Waals surface area contributed by atoms with Crippen LogP contribution in [0.5, 0.6) is 5.75 Å². The summed E-state index contributed by atoms with van der Waals surface area (Å²) in [6.45, 7) is 2.05. The van der Waals surface area contributed by atoms with Gasteiger partial charge in [0.05, 0.1) is 0 Å². The predicted molar refractivity (Wildman–Crippen MR) is 120 cm³/mol. The average Bonchev–Trinajstić information content (AvgIpc) is 3.24. The van der Waals surface area contributed by atoms with E-state index in [1.54, 1.807) is 0 Å². The van der Waals surface area contributed by atoms with Crippen molar-refractivity contribution in [1.82, 2.24) is 4.98 Å². The smallest absolute Gasteiger partial charge is 0.195 e. The Morgan fingerprint density at radius 1 is 0.800 bits per heavy atom. The van der Waals surface area contributed by atoms with Crippen molar-refractivity contribution in [2.24, 2.45) is 0 Å². The molecule has 2 heterocycles. The Bertz CT molecular complexity index is 1430. The molecule has 5 aromatic rings. The van der Waals surface area contributed by atoms with E-state index < -0.39 is 0 Å². The molecule has 0 bridgehead atoms. The summed E-state index contributed by atoms with van der Waals surface area (Å²) in [6.07, 6.45) is 0.759. The fourth-order valence-corrected chi connectivity index (χ4v) is 4.28. The number of fused-ring (bicyclic) bond motifs is 2. The summed E-state index contributed by atoms with van der Waals surface area (Å²) < 4.78 is 12.6. The van der Waals surface area contributed by atoms with Crippen molar-refractivity contribution < 1.29 is 9.15 Å². The van der Waals surface area contributed by atoms with Gasteiger partial charge in [0, 0.05) is 34.4 Å². The zero-order valence-electron chi connectivity index (χ0n) is 16.6. The van der Waals surface area contributed by atoms with E-state index in [1.165, 1.54) is 0 Å². The van der Waals surface area contributed by atoms with E-state index in [1.807, 2.05) is 30.3 Å². The molecule has 0 N–H and O–H groups in total. The Morgan fingerprint density at radius 2 is 1.53 bits per heavy atom. The van der Waals surface area contributed by atoms with Crippen LogP contribution in [0.25, 0.3) is 33.2 Å². The number of oxazole rings is 1. The van der Waals surface area contributed by atoms with Crippen molar-refractivity contribution in [1.29, 1.82) is 0 Å². The Hall–Kier alpha value is -3.85. The first kappa shape index (κ1) is 17.0. The van der Waals surface area contributed by atoms with Crippen molar-refractivity contribution in [3.63, 3.8) is 0 Å². The third-order valence-corrected chi connectivity index (χ3v) is 5.64. The number of aromatic nitrogens is 1. The quantitative estimate of drug-likeness (QED) is 0.338. The molecule has 1 aliphatic heterocycles. The molecule has 0 atom stereocenters. The lowest BCUT2D eigenvalue weighted by atomic mass is 9.88. The van der Waals surface area contributed by atoms with Gasteiger partial charge in [-0.25, -0.2) is 4.98 Å². The predicted octanol–water partition coefficient (Wildman–Crippen LogP) is 6.85. The maximum absolute atomic E-state index is 6.60. The molecule has 0 amide bonds. The minimum absolute atomic E-state index is 0.743. The molecule has 0 unspecified atom stereocenters. The van der Waals surface area contributed by atoms with E-state index in [-0.39, 0.29) is 0 Å². The second-order valence-corrected chi connectivity index (χ2v) is 7.45. The Labute approximate surface area is 174 Å². The van der Waals surface area contributed by atoms with Crippen LogP contribution >= 0.6 is 0 Å². The van der Waals surface area contributed by atoms with Crippen LogP contribution in [0.1, 0.15) is 29.5 Å². The van der Waals surface area contributed by atoms with E-state index in [4.69, 9.17) is 14.1 Å². The summed E-state index contributed by atoms with van der Waals surface area (Å²) in [5, 5.41) is 2.14. The third-order valence-electron chi connectivity index (χ3n) is 5.64. The van der Waals surface area contributed by atoms with Crippen LogP contribution < -0.4 is 4.74 Å². The van der Waals surface area contributed by atoms with Gasteiger partial charge in [-0.3, -0.25) is 0 Å². The highest BCUT2D eigenvalue weighted by Gasteiger charge is 2.27. The molecule has 0 radical (unpaired) electrons. The van der Waals surface area contributed by atoms with Gasteiger partial charge in [-0.15, -0.1) is 0 Å². The number of nitrogens with zero attached hydrogens (tertiary/aromatic N) is 1. The normalized spacial score (nSPS) is 13.1. The number of hydrogen-bond donors (Lipinski definition) is 0. The van der Waals surface area contributed by atoms with Crippen LogP contribution in [0, 0.1) is 0 Å². The van der Waals surface area contributed by atoms with Crippen LogP contribution in [0.3, 0.4) is 0 Å². The lowest BCUT2D eigenvalue weighted by Crippen LogP contribution is -2.07. The molecular weight excluding hydrogens is 370 g/mol. The monoisotopic (exact) mass is 389 g/mol. The molecule has 144 valence electrons. The van der Waals surface area contributed by atoms with Crippen LogP contribution in [0.15, 0.2) is 89.3 Å². The highest BCUT2D eigenvalue weighted by atomic mass is 16.5. The summed E-state index contributed by atoms with van der Waals surface area (Å²) in [7, 11) is 0. The highest BCUT2D eigenvalue weighted by molar-refractivity contribution is 6.16. The van der Waals surface area contributed by atoms with Gasteiger partial charge in [0.1, 0.15) is 17.0 Å². The fraction of sp³-hybridized carbons (Fsp3) is 0.0741. The largest absolute Gasteiger partial charge is 0.455 e. The lowest BCUT2D eigenvalue weighted by molar-refractivity contribution is 0.513. The molecule has 3 heteroatoms. The third kappa shape index (κ3) is 2.49. The number of rotatable bonds is 3. The van der Waals surface area contributed by atoms with E-state index in [0.29, 0.717) is 0 Å². The van der Waals surface area contributed by atoms with Crippen molar-refractivity contribution in [3.8, 4) is 5.75 Å². The topological polar surface area (TPSA) is 35.3 Å². The standard InChI is InChI=1S/C27H19NO2/c1-2-23-28-26-20-15-9-14-19-24(17-10-5-3-6-11-17)27(18-12-7-4-8-13-18)30-21(25(19)20)16-22(26)29-23/h3-16H,2H2,1H3. The van der Waals surface area contributed by atoms with Gasteiger partial charge in [-0.1, -0.05) is 85.8 Å². The second-order valence-electron chi connectivity index (χ2n) is 7.45. The van der Waals surface area contributed by atoms with Gasteiger partial charge in [0.15, 0.2) is 11.5 Å². The molecule has 0 aliphatic carbocycles. The SMILES string of the molecule is CCc1nc2c(cc3c4c(cccc42)C(c2ccccc2)=C(c2ccccc2)O3)o1. The molecule has 4 aromatic carbocycles. The summed E-state index contributed by atoms with van der Waals surface area (Å²) in [4.78, 5) is 4.74. The minimum atomic E-state index is 0.743. The molecule has 1 aromatic heterocycles. The summed E-state index contributed by atoms with van der Waals surface area (Å²) in [5.74, 6) is 2.41. The van der Waals surface area contributed by atoms with Crippen molar-refractivity contribution in [2.45, 2.75) is 13.3 Å². The molecule has 0 spiro atoms. The molecule has 30 heavy (non-hydrogen) atoms. The molecule has 0 saturated heterocycles. The van der Waals surface area contributed by atoms with Crippen LogP contribution in [0.2, 0.25) is 0 Å². The molecule has 0 saturated carbocycles. The van der Waals surface area contributed by atoms with Crippen LogP contribution in [0.4, 0.5) is 0 Å². The van der Waals surface area contributed by atoms with E-state index >= 15 is 0 Å². The van der Waals surface area contributed by atoms with E-state index in [0.717, 1.165) is 68.0 Å². The summed E-state index contributed by atoms with van der Waals surface area (Å²) in [5.41, 5.74) is 6.09. The summed E-state index contributed by atoms with van der Waals surface area (Å²) >= 11 is 0. The van der Waals surface area contributed by atoms with Gasteiger partial charge >= 0.3 is 0 Å². The van der Waals surface area contributed by atoms with Crippen molar-refractivity contribution >= 4 is 33.2 Å². The van der Waals surface area contributed by atoms with Gasteiger partial charge in [-0.2, -0.15) is 0 Å². The van der Waals surface area contributed by atoms with Crippen LogP contribution in [-0.4, -0.2) is 4.98 Å². The molecule has 6 rings (SSSR count). The van der Waals surface area contributed by atoms with E-state index in [9.17, 15) is 0 Å². The highest BCUT2D eigenvalue weighted by Crippen LogP contribution is 2.47.